The van der Waals surface area contributed by atoms with Crippen molar-refractivity contribution in [1.82, 2.24) is 20.2 Å². The van der Waals surface area contributed by atoms with Gasteiger partial charge in [-0.15, -0.1) is 0 Å². The van der Waals surface area contributed by atoms with Gasteiger partial charge in [-0.1, -0.05) is 36.4 Å². The highest BCUT2D eigenvalue weighted by Crippen LogP contribution is 2.27. The third-order valence-corrected chi connectivity index (χ3v) is 7.32. The molecule has 2 aromatic carbocycles. The maximum Gasteiger partial charge on any atom is 0.408 e. The summed E-state index contributed by atoms with van der Waals surface area (Å²) in [5, 5.41) is 5.73. The number of benzene rings is 2. The van der Waals surface area contributed by atoms with Crippen molar-refractivity contribution < 1.29 is 18.7 Å². The fourth-order valence-corrected chi connectivity index (χ4v) is 5.21. The second-order valence-corrected chi connectivity index (χ2v) is 12.1. The molecule has 8 nitrogen and oxygen atoms in total. The number of rotatable bonds is 7. The van der Waals surface area contributed by atoms with Crippen LogP contribution in [0, 0.1) is 6.92 Å². The molecule has 0 bridgehead atoms. The van der Waals surface area contributed by atoms with E-state index in [1.54, 1.807) is 39.2 Å². The first-order chi connectivity index (χ1) is 21.0. The SMILES string of the molecule is Cc1ccc(-c2cc(CN3CC[C@@H](F)[C@H](NC(=O)OC(C)(C)C)C3)cc(NC(=O)c3cc(-c4ccccc4)ccn3)c2)cn1. The Morgan fingerprint density at radius 2 is 1.75 bits per heavy atom. The van der Waals surface area contributed by atoms with Crippen LogP contribution in [0.25, 0.3) is 22.3 Å². The summed E-state index contributed by atoms with van der Waals surface area (Å²) in [5.74, 6) is -0.326. The largest absolute Gasteiger partial charge is 0.444 e. The van der Waals surface area contributed by atoms with E-state index in [4.69, 9.17) is 4.74 Å². The Morgan fingerprint density at radius 1 is 0.955 bits per heavy atom. The minimum atomic E-state index is -1.17. The zero-order chi connectivity index (χ0) is 31.3. The van der Waals surface area contributed by atoms with Gasteiger partial charge in [0.25, 0.3) is 5.91 Å². The van der Waals surface area contributed by atoms with Gasteiger partial charge < -0.3 is 15.4 Å². The second kappa shape index (κ2) is 13.3. The first-order valence-electron chi connectivity index (χ1n) is 14.8. The van der Waals surface area contributed by atoms with E-state index in [2.05, 4.69) is 25.5 Å². The number of ether oxygens (including phenoxy) is 1. The molecule has 44 heavy (non-hydrogen) atoms. The van der Waals surface area contributed by atoms with Crippen molar-refractivity contribution in [2.24, 2.45) is 0 Å². The Balaban J connectivity index is 1.37. The molecule has 2 amide bonds. The average Bonchev–Trinajstić information content (AvgIpc) is 2.98. The number of nitrogens with one attached hydrogen (secondary N) is 2. The van der Waals surface area contributed by atoms with Gasteiger partial charge in [-0.3, -0.25) is 19.7 Å². The molecule has 2 N–H and O–H groups in total. The number of hydrogen-bond donors (Lipinski definition) is 2. The molecule has 0 radical (unpaired) electrons. The molecule has 2 atom stereocenters. The molecule has 0 saturated carbocycles. The molecule has 4 aromatic rings. The van der Waals surface area contributed by atoms with Crippen LogP contribution in [0.3, 0.4) is 0 Å². The zero-order valence-corrected chi connectivity index (χ0v) is 25.5. The monoisotopic (exact) mass is 595 g/mol. The molecule has 5 rings (SSSR count). The lowest BCUT2D eigenvalue weighted by Gasteiger charge is -2.35. The van der Waals surface area contributed by atoms with Crippen LogP contribution in [0.2, 0.25) is 0 Å². The number of anilines is 1. The average molecular weight is 596 g/mol. The Kier molecular flexibility index (Phi) is 9.35. The standard InChI is InChI=1S/C35H38FN5O3/c1-23-10-11-27(20-38-23)28-16-24(21-41-15-13-30(36)32(22-41)40-34(43)44-35(2,3)4)17-29(18-28)39-33(42)31-19-26(12-14-37-31)25-8-6-5-7-9-25/h5-12,14,16-20,30,32H,13,15,21-22H2,1-4H3,(H,39,42)(H,40,43)/t30-,32-/m1/s1. The van der Waals surface area contributed by atoms with Gasteiger partial charge in [-0.25, -0.2) is 9.18 Å². The number of piperidine rings is 1. The van der Waals surface area contributed by atoms with Crippen molar-refractivity contribution in [3.05, 3.63) is 102 Å². The number of likely N-dealkylation sites (tertiary alicyclic amines) is 1. The topological polar surface area (TPSA) is 96.5 Å². The summed E-state index contributed by atoms with van der Waals surface area (Å²) in [6.07, 6.45) is 1.93. The summed E-state index contributed by atoms with van der Waals surface area (Å²) in [5.41, 5.74) is 5.76. The number of carbonyl (C=O) groups excluding carboxylic acids is 2. The molecule has 3 heterocycles. The molecule has 228 valence electrons. The molecule has 1 fully saturated rings. The first-order valence-corrected chi connectivity index (χ1v) is 14.8. The molecule has 1 aliphatic heterocycles. The highest BCUT2D eigenvalue weighted by atomic mass is 19.1. The second-order valence-electron chi connectivity index (χ2n) is 12.1. The number of alkyl carbamates (subject to hydrolysis) is 1. The molecule has 1 saturated heterocycles. The predicted molar refractivity (Wildman–Crippen MR) is 170 cm³/mol. The number of nitrogens with zero attached hydrogens (tertiary/aromatic N) is 3. The van der Waals surface area contributed by atoms with E-state index in [9.17, 15) is 14.0 Å². The van der Waals surface area contributed by atoms with E-state index >= 15 is 0 Å². The highest BCUT2D eigenvalue weighted by molar-refractivity contribution is 6.03. The minimum absolute atomic E-state index is 0.287. The minimum Gasteiger partial charge on any atom is -0.444 e. The number of alkyl halides is 1. The highest BCUT2D eigenvalue weighted by Gasteiger charge is 2.32. The van der Waals surface area contributed by atoms with Crippen LogP contribution < -0.4 is 10.6 Å². The molecule has 1 aliphatic rings. The van der Waals surface area contributed by atoms with Crippen LogP contribution in [-0.2, 0) is 11.3 Å². The van der Waals surface area contributed by atoms with Crippen molar-refractivity contribution in [3.63, 3.8) is 0 Å². The van der Waals surface area contributed by atoms with Crippen LogP contribution in [-0.4, -0.2) is 57.8 Å². The van der Waals surface area contributed by atoms with E-state index in [-0.39, 0.29) is 12.3 Å². The predicted octanol–water partition coefficient (Wildman–Crippen LogP) is 6.81. The van der Waals surface area contributed by atoms with Crippen LogP contribution in [0.5, 0.6) is 0 Å². The summed E-state index contributed by atoms with van der Waals surface area (Å²) < 4.78 is 20.2. The summed E-state index contributed by atoms with van der Waals surface area (Å²) in [4.78, 5) is 36.6. The molecule has 0 aliphatic carbocycles. The fraction of sp³-hybridized carbons (Fsp3) is 0.314. The van der Waals surface area contributed by atoms with E-state index in [0.29, 0.717) is 31.0 Å². The van der Waals surface area contributed by atoms with Gasteiger partial charge in [-0.2, -0.15) is 0 Å². The van der Waals surface area contributed by atoms with Gasteiger partial charge in [0.2, 0.25) is 0 Å². The quantitative estimate of drug-likeness (QED) is 0.244. The molecular weight excluding hydrogens is 557 g/mol. The molecular formula is C35H38FN5O3. The number of halogens is 1. The van der Waals surface area contributed by atoms with Crippen LogP contribution >= 0.6 is 0 Å². The number of carbonyl (C=O) groups is 2. The molecule has 0 spiro atoms. The van der Waals surface area contributed by atoms with Crippen molar-refractivity contribution in [3.8, 4) is 22.3 Å². The maximum absolute atomic E-state index is 14.8. The number of aromatic nitrogens is 2. The normalized spacial score (nSPS) is 17.1. The molecule has 0 unspecified atom stereocenters. The van der Waals surface area contributed by atoms with Crippen LogP contribution in [0.15, 0.2) is 85.2 Å². The van der Waals surface area contributed by atoms with Crippen molar-refractivity contribution in [2.75, 3.05) is 18.4 Å². The first kappa shape index (κ1) is 30.8. The van der Waals surface area contributed by atoms with Gasteiger partial charge in [0.05, 0.1) is 6.04 Å². The van der Waals surface area contributed by atoms with Crippen molar-refractivity contribution >= 4 is 17.7 Å². The van der Waals surface area contributed by atoms with Crippen LogP contribution in [0.4, 0.5) is 14.9 Å². The Hall–Kier alpha value is -4.63. The summed E-state index contributed by atoms with van der Waals surface area (Å²) >= 11 is 0. The van der Waals surface area contributed by atoms with Crippen molar-refractivity contribution in [2.45, 2.75) is 58.5 Å². The number of pyridine rings is 2. The number of hydrogen-bond acceptors (Lipinski definition) is 6. The molecule has 9 heteroatoms. The third kappa shape index (κ3) is 8.26. The number of aryl methyl sites for hydroxylation is 1. The van der Waals surface area contributed by atoms with Gasteiger partial charge in [0, 0.05) is 49.0 Å². The van der Waals surface area contributed by atoms with Crippen LogP contribution in [0.1, 0.15) is 48.9 Å². The van der Waals surface area contributed by atoms with E-state index in [1.807, 2.05) is 73.7 Å². The zero-order valence-electron chi connectivity index (χ0n) is 25.5. The van der Waals surface area contributed by atoms with Crippen molar-refractivity contribution in [1.29, 1.82) is 0 Å². The Morgan fingerprint density at radius 3 is 2.48 bits per heavy atom. The maximum atomic E-state index is 14.8. The lowest BCUT2D eigenvalue weighted by molar-refractivity contribution is 0.0388. The van der Waals surface area contributed by atoms with E-state index < -0.39 is 23.9 Å². The van der Waals surface area contributed by atoms with Gasteiger partial charge in [0.1, 0.15) is 17.5 Å². The molecule has 2 aromatic heterocycles. The van der Waals surface area contributed by atoms with Gasteiger partial charge in [0.15, 0.2) is 0 Å². The Bertz CT molecular complexity index is 1610. The van der Waals surface area contributed by atoms with Gasteiger partial charge >= 0.3 is 6.09 Å². The fourth-order valence-electron chi connectivity index (χ4n) is 5.21. The van der Waals surface area contributed by atoms with Gasteiger partial charge in [-0.05, 0) is 92.8 Å². The lowest BCUT2D eigenvalue weighted by Crippen LogP contribution is -2.54. The summed E-state index contributed by atoms with van der Waals surface area (Å²) in [7, 11) is 0. The van der Waals surface area contributed by atoms with E-state index in [0.717, 1.165) is 33.5 Å². The third-order valence-electron chi connectivity index (χ3n) is 7.32. The summed E-state index contributed by atoms with van der Waals surface area (Å²) in [6.45, 7) is 8.60. The smallest absolute Gasteiger partial charge is 0.408 e. The Labute approximate surface area is 257 Å². The number of amides is 2. The lowest BCUT2D eigenvalue weighted by atomic mass is 10.00. The summed E-state index contributed by atoms with van der Waals surface area (Å²) in [6, 6.07) is 22.6. The van der Waals surface area contributed by atoms with E-state index in [1.165, 1.54) is 0 Å².